The van der Waals surface area contributed by atoms with Crippen LogP contribution in [0.25, 0.3) is 0 Å². The summed E-state index contributed by atoms with van der Waals surface area (Å²) in [5, 5.41) is 0. The predicted molar refractivity (Wildman–Crippen MR) is 148 cm³/mol. The molecule has 0 unspecified atom stereocenters. The van der Waals surface area contributed by atoms with E-state index in [1.807, 2.05) is 0 Å². The molecule has 4 rings (SSSR count). The molecule has 0 fully saturated rings. The smallest absolute Gasteiger partial charge is 0.192 e. The summed E-state index contributed by atoms with van der Waals surface area (Å²) in [4.78, 5) is 0. The molecule has 0 aliphatic carbocycles. The fraction of sp³-hybridized carbons (Fsp3) is 0.250. The molecule has 0 bridgehead atoms. The van der Waals surface area contributed by atoms with E-state index in [1.165, 1.54) is 66.4 Å². The van der Waals surface area contributed by atoms with Crippen LogP contribution in [0.5, 0.6) is 0 Å². The third kappa shape index (κ3) is 4.00. The zero-order valence-electron chi connectivity index (χ0n) is 22.5. The first-order chi connectivity index (χ1) is 15.7. The summed E-state index contributed by atoms with van der Waals surface area (Å²) < 4.78 is 0. The van der Waals surface area contributed by atoms with E-state index in [-0.39, 0.29) is 18.9 Å². The Balaban J connectivity index is 0.00000324. The van der Waals surface area contributed by atoms with Crippen molar-refractivity contribution in [3.63, 3.8) is 0 Å². The Morgan fingerprint density at radius 2 is 0.559 bits per heavy atom. The standard InChI is InChI=1S/C32H36B.Li/c1-21-13-9-17-29(25(21)5)33(30-18-10-14-22(2)26(30)6,31-19-11-15-23(3)27(31)7)32-20-12-16-24(4)28(32)8;/h9-20H,1-8H3;/q-1;+1. The van der Waals surface area contributed by atoms with Crippen LogP contribution < -0.4 is 40.7 Å². The summed E-state index contributed by atoms with van der Waals surface area (Å²) in [6.45, 7) is 18.2. The van der Waals surface area contributed by atoms with Crippen LogP contribution in [0, 0.1) is 55.4 Å². The molecule has 0 aromatic heterocycles. The molecule has 0 N–H and O–H groups in total. The van der Waals surface area contributed by atoms with E-state index in [1.54, 1.807) is 0 Å². The molecule has 0 spiro atoms. The average molecular weight is 438 g/mol. The van der Waals surface area contributed by atoms with Gasteiger partial charge in [-0.05, 0) is 55.4 Å². The molecule has 0 aliphatic heterocycles. The van der Waals surface area contributed by atoms with Gasteiger partial charge in [0.25, 0.3) is 0 Å². The third-order valence-electron chi connectivity index (χ3n) is 8.45. The molecule has 4 aromatic carbocycles. The van der Waals surface area contributed by atoms with Crippen molar-refractivity contribution in [1.82, 2.24) is 0 Å². The minimum absolute atomic E-state index is 0. The quantitative estimate of drug-likeness (QED) is 0.430. The van der Waals surface area contributed by atoms with Crippen molar-refractivity contribution in [1.29, 1.82) is 0 Å². The predicted octanol–water partition coefficient (Wildman–Crippen LogP) is 2.54. The van der Waals surface area contributed by atoms with E-state index in [9.17, 15) is 0 Å². The first kappa shape index (κ1) is 26.2. The van der Waals surface area contributed by atoms with Crippen molar-refractivity contribution < 1.29 is 18.9 Å². The Bertz CT molecular complexity index is 1140. The summed E-state index contributed by atoms with van der Waals surface area (Å²) in [5.41, 5.74) is 16.7. The number of rotatable bonds is 4. The fourth-order valence-corrected chi connectivity index (χ4v) is 5.98. The molecule has 0 nitrogen and oxygen atoms in total. The van der Waals surface area contributed by atoms with E-state index in [0.717, 1.165) is 0 Å². The van der Waals surface area contributed by atoms with Gasteiger partial charge in [0.05, 0.1) is 0 Å². The second-order valence-corrected chi connectivity index (χ2v) is 10.0. The maximum atomic E-state index is 2.38. The van der Waals surface area contributed by atoms with Gasteiger partial charge in [-0.3, -0.25) is 0 Å². The average Bonchev–Trinajstić information content (AvgIpc) is 2.79. The van der Waals surface area contributed by atoms with Crippen molar-refractivity contribution in [3.05, 3.63) is 117 Å². The minimum atomic E-state index is -1.39. The van der Waals surface area contributed by atoms with E-state index in [0.29, 0.717) is 0 Å². The molecule has 34 heavy (non-hydrogen) atoms. The number of aryl methyl sites for hydroxylation is 4. The van der Waals surface area contributed by atoms with Crippen LogP contribution in [-0.2, 0) is 0 Å². The van der Waals surface area contributed by atoms with E-state index < -0.39 is 6.15 Å². The second-order valence-electron chi connectivity index (χ2n) is 10.0. The zero-order valence-corrected chi connectivity index (χ0v) is 22.5. The summed E-state index contributed by atoms with van der Waals surface area (Å²) in [6, 6.07) is 27.5. The Morgan fingerprint density at radius 3 is 0.765 bits per heavy atom. The molecular formula is C32H36BLi. The Hall–Kier alpha value is -2.46. The summed E-state index contributed by atoms with van der Waals surface area (Å²) in [7, 11) is 0. The van der Waals surface area contributed by atoms with E-state index in [4.69, 9.17) is 0 Å². The van der Waals surface area contributed by atoms with Crippen LogP contribution in [0.3, 0.4) is 0 Å². The van der Waals surface area contributed by atoms with Crippen LogP contribution in [-0.4, -0.2) is 6.15 Å². The molecule has 4 aromatic rings. The molecular weight excluding hydrogens is 402 g/mol. The molecule has 0 heterocycles. The van der Waals surface area contributed by atoms with Gasteiger partial charge in [0.1, 0.15) is 6.15 Å². The van der Waals surface area contributed by atoms with Crippen molar-refractivity contribution >= 4 is 28.0 Å². The van der Waals surface area contributed by atoms with Gasteiger partial charge in [-0.2, -0.15) is 21.9 Å². The fourth-order valence-electron chi connectivity index (χ4n) is 5.98. The van der Waals surface area contributed by atoms with Crippen molar-refractivity contribution in [2.24, 2.45) is 0 Å². The Morgan fingerprint density at radius 1 is 0.353 bits per heavy atom. The van der Waals surface area contributed by atoms with Crippen molar-refractivity contribution in [2.45, 2.75) is 55.4 Å². The number of hydrogen-bond acceptors (Lipinski definition) is 0. The molecule has 0 saturated heterocycles. The number of benzene rings is 4. The molecule has 0 aliphatic rings. The van der Waals surface area contributed by atoms with Gasteiger partial charge in [0, 0.05) is 0 Å². The van der Waals surface area contributed by atoms with Gasteiger partial charge in [-0.15, -0.1) is 0 Å². The molecule has 168 valence electrons. The Kier molecular flexibility index (Phi) is 7.72. The molecule has 2 heteroatoms. The topological polar surface area (TPSA) is 0 Å². The van der Waals surface area contributed by atoms with E-state index >= 15 is 0 Å². The molecule has 0 saturated carbocycles. The van der Waals surface area contributed by atoms with Gasteiger partial charge >= 0.3 is 18.9 Å². The normalized spacial score (nSPS) is 11.3. The summed E-state index contributed by atoms with van der Waals surface area (Å²) in [6.07, 6.45) is -1.39. The van der Waals surface area contributed by atoms with Crippen LogP contribution in [0.15, 0.2) is 72.8 Å². The monoisotopic (exact) mass is 438 g/mol. The SMILES string of the molecule is Cc1cccc([B-](c2cccc(C)c2C)(c2cccc(C)c2C)c2cccc(C)c2C)c1C.[Li+]. The van der Waals surface area contributed by atoms with Gasteiger partial charge in [-0.1, -0.05) is 117 Å². The maximum absolute atomic E-state index is 2.38. The second kappa shape index (κ2) is 10.0. The van der Waals surface area contributed by atoms with Gasteiger partial charge in [0.2, 0.25) is 0 Å². The van der Waals surface area contributed by atoms with Gasteiger partial charge in [0.15, 0.2) is 0 Å². The zero-order chi connectivity index (χ0) is 23.9. The first-order valence-electron chi connectivity index (χ1n) is 12.1. The Labute approximate surface area is 218 Å². The van der Waals surface area contributed by atoms with Crippen LogP contribution in [0.2, 0.25) is 0 Å². The molecule has 0 amide bonds. The van der Waals surface area contributed by atoms with E-state index in [2.05, 4.69) is 128 Å². The van der Waals surface area contributed by atoms with Crippen molar-refractivity contribution in [2.75, 3.05) is 0 Å². The molecule has 0 atom stereocenters. The number of hydrogen-bond donors (Lipinski definition) is 0. The maximum Gasteiger partial charge on any atom is 1.00 e. The third-order valence-corrected chi connectivity index (χ3v) is 8.45. The van der Waals surface area contributed by atoms with Crippen LogP contribution in [0.4, 0.5) is 0 Å². The minimum Gasteiger partial charge on any atom is -0.192 e. The van der Waals surface area contributed by atoms with Crippen molar-refractivity contribution in [3.8, 4) is 0 Å². The summed E-state index contributed by atoms with van der Waals surface area (Å²) >= 11 is 0. The van der Waals surface area contributed by atoms with Gasteiger partial charge in [-0.25, -0.2) is 0 Å². The first-order valence-corrected chi connectivity index (χ1v) is 12.1. The van der Waals surface area contributed by atoms with Gasteiger partial charge < -0.3 is 0 Å². The summed E-state index contributed by atoms with van der Waals surface area (Å²) in [5.74, 6) is 0. The van der Waals surface area contributed by atoms with Crippen LogP contribution in [0.1, 0.15) is 44.5 Å². The largest absolute Gasteiger partial charge is 1.00 e. The molecule has 0 radical (unpaired) electrons. The van der Waals surface area contributed by atoms with Crippen LogP contribution >= 0.6 is 0 Å².